The fourth-order valence-electron chi connectivity index (χ4n) is 0.401. The van der Waals surface area contributed by atoms with Gasteiger partial charge in [0, 0.05) is 6.21 Å². The van der Waals surface area contributed by atoms with E-state index in [0.717, 1.165) is 6.42 Å². The molecule has 2 nitrogen and oxygen atoms in total. The molecule has 0 saturated heterocycles. The van der Waals surface area contributed by atoms with Crippen LogP contribution in [0.1, 0.15) is 20.3 Å². The summed E-state index contributed by atoms with van der Waals surface area (Å²) >= 11 is 0. The van der Waals surface area contributed by atoms with Gasteiger partial charge in [-0.05, 0) is 25.5 Å². The fourth-order valence-corrected chi connectivity index (χ4v) is 0.401. The molecule has 0 amide bonds. The van der Waals surface area contributed by atoms with Gasteiger partial charge in [0.15, 0.2) is 0 Å². The van der Waals surface area contributed by atoms with Crippen molar-refractivity contribution in [1.29, 1.82) is 0 Å². The fraction of sp³-hybridized carbons (Fsp3) is 0.375. The van der Waals surface area contributed by atoms with Crippen LogP contribution in [0.15, 0.2) is 29.0 Å². The lowest BCUT2D eigenvalue weighted by Crippen LogP contribution is -1.91. The molecular formula is C8H14N2. The van der Waals surface area contributed by atoms with Crippen molar-refractivity contribution in [2.75, 3.05) is 0 Å². The zero-order chi connectivity index (χ0) is 7.82. The highest BCUT2D eigenvalue weighted by atomic mass is 14.9. The highest BCUT2D eigenvalue weighted by Crippen LogP contribution is 1.83. The van der Waals surface area contributed by atoms with Crippen molar-refractivity contribution in [2.45, 2.75) is 20.3 Å². The van der Waals surface area contributed by atoms with Crippen LogP contribution < -0.4 is 5.73 Å². The first-order valence-corrected chi connectivity index (χ1v) is 3.42. The summed E-state index contributed by atoms with van der Waals surface area (Å²) in [7, 11) is 0. The topological polar surface area (TPSA) is 38.4 Å². The predicted octanol–water partition coefficient (Wildman–Crippen LogP) is 1.84. The van der Waals surface area contributed by atoms with E-state index in [0.29, 0.717) is 5.82 Å². The SMILES string of the molecule is C\C=C(N)/N=C\C=C\CC. The average molecular weight is 138 g/mol. The van der Waals surface area contributed by atoms with Crippen LogP contribution in [0.5, 0.6) is 0 Å². The van der Waals surface area contributed by atoms with E-state index in [1.165, 1.54) is 0 Å². The van der Waals surface area contributed by atoms with Crippen molar-refractivity contribution in [3.63, 3.8) is 0 Å². The Morgan fingerprint density at radius 1 is 1.60 bits per heavy atom. The van der Waals surface area contributed by atoms with Gasteiger partial charge in [-0.3, -0.25) is 0 Å². The Hall–Kier alpha value is -1.05. The quantitative estimate of drug-likeness (QED) is 0.594. The number of hydrogen-bond acceptors (Lipinski definition) is 2. The molecule has 10 heavy (non-hydrogen) atoms. The minimum Gasteiger partial charge on any atom is -0.384 e. The van der Waals surface area contributed by atoms with E-state index in [2.05, 4.69) is 11.9 Å². The van der Waals surface area contributed by atoms with Crippen LogP contribution >= 0.6 is 0 Å². The van der Waals surface area contributed by atoms with Crippen LogP contribution in [0.2, 0.25) is 0 Å². The maximum Gasteiger partial charge on any atom is 0.118 e. The molecule has 0 aromatic heterocycles. The van der Waals surface area contributed by atoms with E-state index in [9.17, 15) is 0 Å². The van der Waals surface area contributed by atoms with E-state index < -0.39 is 0 Å². The molecule has 0 unspecified atom stereocenters. The summed E-state index contributed by atoms with van der Waals surface area (Å²) in [5, 5.41) is 0. The van der Waals surface area contributed by atoms with Gasteiger partial charge in [-0.2, -0.15) is 0 Å². The minimum atomic E-state index is 0.556. The number of nitrogens with zero attached hydrogens (tertiary/aromatic N) is 1. The number of hydrogen-bond donors (Lipinski definition) is 1. The van der Waals surface area contributed by atoms with Gasteiger partial charge in [0.25, 0.3) is 0 Å². The molecule has 56 valence electrons. The lowest BCUT2D eigenvalue weighted by molar-refractivity contribution is 1.22. The van der Waals surface area contributed by atoms with Gasteiger partial charge < -0.3 is 5.73 Å². The molecule has 0 aromatic carbocycles. The second kappa shape index (κ2) is 6.08. The molecule has 0 aromatic rings. The van der Waals surface area contributed by atoms with Crippen molar-refractivity contribution in [1.82, 2.24) is 0 Å². The van der Waals surface area contributed by atoms with E-state index in [-0.39, 0.29) is 0 Å². The monoisotopic (exact) mass is 138 g/mol. The first-order chi connectivity index (χ1) is 4.81. The molecule has 2 heteroatoms. The van der Waals surface area contributed by atoms with Gasteiger partial charge in [0.1, 0.15) is 5.82 Å². The third-order valence-corrected chi connectivity index (χ3v) is 0.977. The van der Waals surface area contributed by atoms with Crippen LogP contribution in [0, 0.1) is 0 Å². The van der Waals surface area contributed by atoms with Crippen molar-refractivity contribution < 1.29 is 0 Å². The average Bonchev–Trinajstić information content (AvgIpc) is 1.98. The van der Waals surface area contributed by atoms with Crippen molar-refractivity contribution in [3.8, 4) is 0 Å². The predicted molar refractivity (Wildman–Crippen MR) is 45.9 cm³/mol. The maximum absolute atomic E-state index is 5.38. The summed E-state index contributed by atoms with van der Waals surface area (Å²) in [5.41, 5.74) is 5.38. The molecular weight excluding hydrogens is 124 g/mol. The zero-order valence-corrected chi connectivity index (χ0v) is 6.54. The van der Waals surface area contributed by atoms with Gasteiger partial charge in [-0.25, -0.2) is 4.99 Å². The molecule has 0 fully saturated rings. The van der Waals surface area contributed by atoms with Gasteiger partial charge in [-0.1, -0.05) is 13.0 Å². The van der Waals surface area contributed by atoms with Crippen LogP contribution in [-0.4, -0.2) is 6.21 Å². The largest absolute Gasteiger partial charge is 0.384 e. The summed E-state index contributed by atoms with van der Waals surface area (Å²) in [6.45, 7) is 3.93. The Morgan fingerprint density at radius 3 is 2.80 bits per heavy atom. The summed E-state index contributed by atoms with van der Waals surface area (Å²) in [5.74, 6) is 0.556. The van der Waals surface area contributed by atoms with Crippen LogP contribution in [0.3, 0.4) is 0 Å². The molecule has 0 saturated carbocycles. The second-order valence-corrected chi connectivity index (χ2v) is 1.83. The first-order valence-electron chi connectivity index (χ1n) is 3.42. The summed E-state index contributed by atoms with van der Waals surface area (Å²) < 4.78 is 0. The molecule has 0 aliphatic carbocycles. The molecule has 0 radical (unpaired) electrons. The maximum atomic E-state index is 5.38. The van der Waals surface area contributed by atoms with Crippen molar-refractivity contribution in [3.05, 3.63) is 24.0 Å². The van der Waals surface area contributed by atoms with Gasteiger partial charge >= 0.3 is 0 Å². The van der Waals surface area contributed by atoms with Crippen molar-refractivity contribution in [2.24, 2.45) is 10.7 Å². The Labute approximate surface area is 62.1 Å². The van der Waals surface area contributed by atoms with E-state index in [1.54, 1.807) is 12.3 Å². The minimum absolute atomic E-state index is 0.556. The zero-order valence-electron chi connectivity index (χ0n) is 6.54. The normalized spacial score (nSPS) is 13.6. The lowest BCUT2D eigenvalue weighted by atomic mass is 10.4. The Bertz CT molecular complexity index is 155. The molecule has 0 bridgehead atoms. The van der Waals surface area contributed by atoms with Crippen molar-refractivity contribution >= 4 is 6.21 Å². The van der Waals surface area contributed by atoms with Gasteiger partial charge in [0.05, 0.1) is 0 Å². The third kappa shape index (κ3) is 5.09. The molecule has 0 rings (SSSR count). The summed E-state index contributed by atoms with van der Waals surface area (Å²) in [4.78, 5) is 3.91. The smallest absolute Gasteiger partial charge is 0.118 e. The van der Waals surface area contributed by atoms with E-state index >= 15 is 0 Å². The molecule has 0 atom stereocenters. The summed E-state index contributed by atoms with van der Waals surface area (Å²) in [6, 6.07) is 0. The van der Waals surface area contributed by atoms with Gasteiger partial charge in [-0.15, -0.1) is 0 Å². The standard InChI is InChI=1S/C8H14N2/c1-3-5-6-7-10-8(9)4-2/h4-7H,3,9H2,1-2H3/b6-5+,8-4-,10-7-. The summed E-state index contributed by atoms with van der Waals surface area (Å²) in [6.07, 6.45) is 8.39. The molecule has 2 N–H and O–H groups in total. The van der Waals surface area contributed by atoms with Crippen LogP contribution in [-0.2, 0) is 0 Å². The second-order valence-electron chi connectivity index (χ2n) is 1.83. The van der Waals surface area contributed by atoms with E-state index in [4.69, 9.17) is 5.73 Å². The molecule has 0 aliphatic heterocycles. The third-order valence-electron chi connectivity index (χ3n) is 0.977. The molecule has 0 aliphatic rings. The Balaban J connectivity index is 3.66. The first kappa shape index (κ1) is 8.95. The Kier molecular flexibility index (Phi) is 5.44. The van der Waals surface area contributed by atoms with Crippen LogP contribution in [0.25, 0.3) is 0 Å². The highest BCUT2D eigenvalue weighted by molar-refractivity contribution is 5.71. The highest BCUT2D eigenvalue weighted by Gasteiger charge is 1.73. The van der Waals surface area contributed by atoms with Gasteiger partial charge in [0.2, 0.25) is 0 Å². The molecule has 0 heterocycles. The number of aliphatic imine (C=N–C) groups is 1. The van der Waals surface area contributed by atoms with Crippen LogP contribution in [0.4, 0.5) is 0 Å². The number of rotatable bonds is 3. The number of nitrogens with two attached hydrogens (primary N) is 1. The Morgan fingerprint density at radius 2 is 2.30 bits per heavy atom. The number of allylic oxidation sites excluding steroid dienone is 3. The van der Waals surface area contributed by atoms with E-state index in [1.807, 2.05) is 19.1 Å². The lowest BCUT2D eigenvalue weighted by Gasteiger charge is -1.84. The molecule has 0 spiro atoms.